The van der Waals surface area contributed by atoms with Gasteiger partial charge in [0.15, 0.2) is 0 Å². The molecule has 0 spiro atoms. The molecule has 0 atom stereocenters. The lowest BCUT2D eigenvalue weighted by atomic mass is 9.80. The van der Waals surface area contributed by atoms with Crippen molar-refractivity contribution in [1.29, 1.82) is 0 Å². The van der Waals surface area contributed by atoms with Crippen LogP contribution in [0.15, 0.2) is 48.1 Å². The zero-order chi connectivity index (χ0) is 11.3. The van der Waals surface area contributed by atoms with E-state index < -0.39 is 0 Å². The maximum absolute atomic E-state index is 3.98. The van der Waals surface area contributed by atoms with E-state index in [1.54, 1.807) is 0 Å². The van der Waals surface area contributed by atoms with Crippen LogP contribution >= 0.6 is 0 Å². The van der Waals surface area contributed by atoms with Gasteiger partial charge in [0.2, 0.25) is 0 Å². The minimum Gasteiger partial charge on any atom is -0.0988 e. The third kappa shape index (κ3) is 3.54. The molecule has 1 aliphatic rings. The normalized spacial score (nSPS) is 18.5. The molecule has 0 heteroatoms. The molecule has 1 rings (SSSR count). The fourth-order valence-corrected chi connectivity index (χ4v) is 1.88. The van der Waals surface area contributed by atoms with E-state index >= 15 is 0 Å². The first-order valence-electron chi connectivity index (χ1n) is 5.82. The summed E-state index contributed by atoms with van der Waals surface area (Å²) in [7, 11) is 0. The molecule has 0 heterocycles. The maximum atomic E-state index is 3.98. The molecule has 1 aliphatic carbocycles. The topological polar surface area (TPSA) is 0 Å². The van der Waals surface area contributed by atoms with Crippen LogP contribution in [0.1, 0.15) is 39.5 Å². The Balaban J connectivity index is 2.66. The van der Waals surface area contributed by atoms with Gasteiger partial charge in [-0.15, -0.1) is 0 Å². The predicted octanol–water partition coefficient (Wildman–Crippen LogP) is 4.81. The minimum atomic E-state index is 0.900. The van der Waals surface area contributed by atoms with E-state index in [1.165, 1.54) is 36.8 Å². The van der Waals surface area contributed by atoms with Gasteiger partial charge in [-0.3, -0.25) is 0 Å². The summed E-state index contributed by atoms with van der Waals surface area (Å²) in [5.74, 6) is 0.900. The van der Waals surface area contributed by atoms with Crippen molar-refractivity contribution in [3.8, 4) is 0 Å². The molecule has 0 N–H and O–H groups in total. The van der Waals surface area contributed by atoms with Gasteiger partial charge in [-0.2, -0.15) is 0 Å². The zero-order valence-corrected chi connectivity index (χ0v) is 10.1. The Kier molecular flexibility index (Phi) is 4.61. The lowest BCUT2D eigenvalue weighted by molar-refractivity contribution is 0.315. The lowest BCUT2D eigenvalue weighted by Crippen LogP contribution is -2.11. The van der Waals surface area contributed by atoms with Gasteiger partial charge in [-0.25, -0.2) is 0 Å². The molecule has 15 heavy (non-hydrogen) atoms. The molecule has 0 aliphatic heterocycles. The molecular weight excluding hydrogens is 180 g/mol. The molecule has 0 aromatic heterocycles. The largest absolute Gasteiger partial charge is 0.0988 e. The highest BCUT2D eigenvalue weighted by atomic mass is 14.2. The highest BCUT2D eigenvalue weighted by molar-refractivity contribution is 5.40. The van der Waals surface area contributed by atoms with Gasteiger partial charge in [0.25, 0.3) is 0 Å². The van der Waals surface area contributed by atoms with Crippen molar-refractivity contribution in [2.24, 2.45) is 5.92 Å². The Labute approximate surface area is 94.1 Å². The van der Waals surface area contributed by atoms with Crippen LogP contribution in [0, 0.1) is 5.92 Å². The fourth-order valence-electron chi connectivity index (χ4n) is 1.88. The van der Waals surface area contributed by atoms with E-state index in [2.05, 4.69) is 39.2 Å². The van der Waals surface area contributed by atoms with Crippen LogP contribution in [0.2, 0.25) is 0 Å². The monoisotopic (exact) mass is 202 g/mol. The van der Waals surface area contributed by atoms with E-state index in [9.17, 15) is 0 Å². The molecule has 1 fully saturated rings. The van der Waals surface area contributed by atoms with Crippen molar-refractivity contribution in [2.45, 2.75) is 39.5 Å². The summed E-state index contributed by atoms with van der Waals surface area (Å²) in [5.41, 5.74) is 3.73. The highest BCUT2D eigenvalue weighted by Gasteiger charge is 2.17. The smallest absolute Gasteiger partial charge is 0.0250 e. The summed E-state index contributed by atoms with van der Waals surface area (Å²) in [6.07, 6.45) is 11.7. The summed E-state index contributed by atoms with van der Waals surface area (Å²) in [5, 5.41) is 0. The summed E-state index contributed by atoms with van der Waals surface area (Å²) in [6.45, 7) is 12.0. The summed E-state index contributed by atoms with van der Waals surface area (Å²) >= 11 is 0. The average molecular weight is 202 g/mol. The van der Waals surface area contributed by atoms with E-state index in [1.807, 2.05) is 6.08 Å². The van der Waals surface area contributed by atoms with Gasteiger partial charge in [0.1, 0.15) is 0 Å². The van der Waals surface area contributed by atoms with E-state index in [0.29, 0.717) is 0 Å². The molecule has 1 saturated carbocycles. The number of rotatable bonds is 5. The third-order valence-electron chi connectivity index (χ3n) is 3.16. The van der Waals surface area contributed by atoms with Crippen LogP contribution < -0.4 is 0 Å². The second kappa shape index (κ2) is 5.75. The third-order valence-corrected chi connectivity index (χ3v) is 3.16. The standard InChI is InChI=1S/C15H22/c1-5-13(10-14-8-7-9-14)11-15(6-2)12(3)4/h5-6,11,14H,1,3,7-10H2,2,4H3/b13-11+,15-6+. The van der Waals surface area contributed by atoms with Gasteiger partial charge in [-0.05, 0) is 37.3 Å². The number of allylic oxidation sites excluding steroid dienone is 6. The van der Waals surface area contributed by atoms with Crippen molar-refractivity contribution in [2.75, 3.05) is 0 Å². The van der Waals surface area contributed by atoms with Crippen molar-refractivity contribution in [1.82, 2.24) is 0 Å². The van der Waals surface area contributed by atoms with E-state index in [-0.39, 0.29) is 0 Å². The van der Waals surface area contributed by atoms with Crippen LogP contribution in [0.25, 0.3) is 0 Å². The Morgan fingerprint density at radius 1 is 1.40 bits per heavy atom. The Morgan fingerprint density at radius 3 is 2.40 bits per heavy atom. The first-order chi connectivity index (χ1) is 7.17. The van der Waals surface area contributed by atoms with Gasteiger partial charge in [0.05, 0.1) is 0 Å². The zero-order valence-electron chi connectivity index (χ0n) is 10.1. The molecule has 0 radical (unpaired) electrons. The second-order valence-corrected chi connectivity index (χ2v) is 4.45. The second-order valence-electron chi connectivity index (χ2n) is 4.45. The molecule has 0 aromatic carbocycles. The average Bonchev–Trinajstić information content (AvgIpc) is 2.15. The SMILES string of the molecule is C=C/C(=C\C(=C/C)C(=C)C)CC1CCC1. The molecule has 0 saturated heterocycles. The predicted molar refractivity (Wildman–Crippen MR) is 68.8 cm³/mol. The Morgan fingerprint density at radius 2 is 2.07 bits per heavy atom. The van der Waals surface area contributed by atoms with E-state index in [4.69, 9.17) is 0 Å². The Bertz CT molecular complexity index is 298. The van der Waals surface area contributed by atoms with Gasteiger partial charge < -0.3 is 0 Å². The summed E-state index contributed by atoms with van der Waals surface area (Å²) in [4.78, 5) is 0. The number of hydrogen-bond acceptors (Lipinski definition) is 0. The molecule has 82 valence electrons. The van der Waals surface area contributed by atoms with Crippen molar-refractivity contribution in [3.63, 3.8) is 0 Å². The van der Waals surface area contributed by atoms with Gasteiger partial charge >= 0.3 is 0 Å². The first-order valence-corrected chi connectivity index (χ1v) is 5.82. The molecule has 0 bridgehead atoms. The maximum Gasteiger partial charge on any atom is -0.0250 e. The molecular formula is C15H22. The van der Waals surface area contributed by atoms with Gasteiger partial charge in [0, 0.05) is 0 Å². The van der Waals surface area contributed by atoms with E-state index in [0.717, 1.165) is 11.5 Å². The summed E-state index contributed by atoms with van der Waals surface area (Å²) in [6, 6.07) is 0. The molecule has 0 amide bonds. The number of hydrogen-bond donors (Lipinski definition) is 0. The van der Waals surface area contributed by atoms with Crippen LogP contribution in [0.3, 0.4) is 0 Å². The van der Waals surface area contributed by atoms with Crippen molar-refractivity contribution in [3.05, 3.63) is 48.1 Å². The van der Waals surface area contributed by atoms with Gasteiger partial charge in [-0.1, -0.05) is 56.2 Å². The quantitative estimate of drug-likeness (QED) is 0.561. The fraction of sp³-hybridized carbons (Fsp3) is 0.467. The van der Waals surface area contributed by atoms with Crippen molar-refractivity contribution < 1.29 is 0 Å². The van der Waals surface area contributed by atoms with Crippen LogP contribution in [0.5, 0.6) is 0 Å². The Hall–Kier alpha value is -1.04. The first kappa shape index (κ1) is 12.0. The summed E-state index contributed by atoms with van der Waals surface area (Å²) < 4.78 is 0. The van der Waals surface area contributed by atoms with Crippen LogP contribution in [-0.4, -0.2) is 0 Å². The van der Waals surface area contributed by atoms with Crippen LogP contribution in [-0.2, 0) is 0 Å². The minimum absolute atomic E-state index is 0.900. The molecule has 0 nitrogen and oxygen atoms in total. The molecule has 0 aromatic rings. The highest BCUT2D eigenvalue weighted by Crippen LogP contribution is 2.32. The molecule has 0 unspecified atom stereocenters. The van der Waals surface area contributed by atoms with Crippen LogP contribution in [0.4, 0.5) is 0 Å². The lowest BCUT2D eigenvalue weighted by Gasteiger charge is -2.25. The van der Waals surface area contributed by atoms with Crippen molar-refractivity contribution >= 4 is 0 Å².